The number of esters is 1. The molecule has 2 aliphatic heterocycles. The topological polar surface area (TPSA) is 87.2 Å². The summed E-state index contributed by atoms with van der Waals surface area (Å²) in [5.74, 6) is -0.760. The third kappa shape index (κ3) is 5.54. The Balaban J connectivity index is 1.31. The number of sulfonamides is 1. The van der Waals surface area contributed by atoms with Crippen LogP contribution in [-0.2, 0) is 26.1 Å². The van der Waals surface area contributed by atoms with Gasteiger partial charge in [-0.25, -0.2) is 13.2 Å². The summed E-state index contributed by atoms with van der Waals surface area (Å²) in [6, 6.07) is 16.6. The van der Waals surface area contributed by atoms with Gasteiger partial charge in [0, 0.05) is 39.3 Å². The van der Waals surface area contributed by atoms with Crippen LogP contribution in [0.5, 0.6) is 0 Å². The zero-order valence-electron chi connectivity index (χ0n) is 18.7. The molecule has 33 heavy (non-hydrogen) atoms. The summed E-state index contributed by atoms with van der Waals surface area (Å²) in [7, 11) is -3.34. The maximum atomic E-state index is 12.8. The number of carbonyl (C=O) groups is 2. The van der Waals surface area contributed by atoms with Gasteiger partial charge >= 0.3 is 5.97 Å². The van der Waals surface area contributed by atoms with Crippen molar-refractivity contribution >= 4 is 27.6 Å². The van der Waals surface area contributed by atoms with E-state index in [9.17, 15) is 18.0 Å². The minimum atomic E-state index is -3.34. The smallest absolute Gasteiger partial charge is 0.338 e. The van der Waals surface area contributed by atoms with Crippen molar-refractivity contribution in [1.82, 2.24) is 9.80 Å². The van der Waals surface area contributed by atoms with Gasteiger partial charge in [-0.3, -0.25) is 14.0 Å². The summed E-state index contributed by atoms with van der Waals surface area (Å²) in [6.45, 7) is 5.49. The Bertz CT molecular complexity index is 1100. The van der Waals surface area contributed by atoms with Gasteiger partial charge in [0.25, 0.3) is 5.91 Å². The van der Waals surface area contributed by atoms with Crippen LogP contribution in [0.2, 0.25) is 0 Å². The van der Waals surface area contributed by atoms with Gasteiger partial charge in [-0.15, -0.1) is 0 Å². The lowest BCUT2D eigenvalue weighted by molar-refractivity contribution is -0.141. The average Bonchev–Trinajstić information content (AvgIpc) is 3.18. The van der Waals surface area contributed by atoms with E-state index in [1.807, 2.05) is 18.2 Å². The van der Waals surface area contributed by atoms with Crippen molar-refractivity contribution in [2.45, 2.75) is 26.0 Å². The van der Waals surface area contributed by atoms with Crippen LogP contribution in [0.15, 0.2) is 54.6 Å². The number of carbonyl (C=O) groups excluding carboxylic acids is 2. The van der Waals surface area contributed by atoms with Gasteiger partial charge in [0.2, 0.25) is 10.0 Å². The molecule has 2 saturated heterocycles. The highest BCUT2D eigenvalue weighted by molar-refractivity contribution is 7.93. The molecule has 8 nitrogen and oxygen atoms in total. The second kappa shape index (κ2) is 9.93. The minimum Gasteiger partial charge on any atom is -0.449 e. The summed E-state index contributed by atoms with van der Waals surface area (Å²) >= 11 is 0. The van der Waals surface area contributed by atoms with Gasteiger partial charge in [-0.1, -0.05) is 36.4 Å². The number of rotatable bonds is 6. The molecule has 2 aliphatic rings. The molecule has 2 aromatic carbocycles. The first-order valence-electron chi connectivity index (χ1n) is 11.2. The second-order valence-corrected chi connectivity index (χ2v) is 10.4. The molecule has 0 bridgehead atoms. The lowest BCUT2D eigenvalue weighted by Crippen LogP contribution is -2.51. The summed E-state index contributed by atoms with van der Waals surface area (Å²) in [4.78, 5) is 29.5. The Kier molecular flexibility index (Phi) is 6.99. The zero-order chi connectivity index (χ0) is 23.4. The maximum Gasteiger partial charge on any atom is 0.338 e. The van der Waals surface area contributed by atoms with Crippen LogP contribution in [0.1, 0.15) is 29.3 Å². The molecule has 2 fully saturated rings. The molecule has 0 N–H and O–H groups in total. The second-order valence-electron chi connectivity index (χ2n) is 8.43. The van der Waals surface area contributed by atoms with Crippen LogP contribution in [0.3, 0.4) is 0 Å². The fourth-order valence-corrected chi connectivity index (χ4v) is 5.78. The van der Waals surface area contributed by atoms with Gasteiger partial charge in [-0.05, 0) is 37.1 Å². The molecular formula is C24H29N3O5S. The molecule has 0 spiro atoms. The van der Waals surface area contributed by atoms with Crippen LogP contribution in [0.4, 0.5) is 5.69 Å². The molecule has 0 saturated carbocycles. The normalized spacial score (nSPS) is 19.3. The highest BCUT2D eigenvalue weighted by atomic mass is 32.2. The van der Waals surface area contributed by atoms with Crippen molar-refractivity contribution in [1.29, 1.82) is 0 Å². The van der Waals surface area contributed by atoms with Gasteiger partial charge in [0.15, 0.2) is 6.10 Å². The number of hydrogen-bond acceptors (Lipinski definition) is 6. The molecule has 0 aliphatic carbocycles. The zero-order valence-corrected chi connectivity index (χ0v) is 19.5. The lowest BCUT2D eigenvalue weighted by atomic mass is 10.2. The highest BCUT2D eigenvalue weighted by Gasteiger charge is 2.30. The lowest BCUT2D eigenvalue weighted by Gasteiger charge is -2.35. The van der Waals surface area contributed by atoms with Crippen molar-refractivity contribution in [3.8, 4) is 0 Å². The number of hydrogen-bond donors (Lipinski definition) is 0. The number of ether oxygens (including phenoxy) is 1. The van der Waals surface area contributed by atoms with Gasteiger partial charge in [0.1, 0.15) is 0 Å². The Hall–Kier alpha value is -2.91. The first-order valence-corrected chi connectivity index (χ1v) is 12.8. The Labute approximate surface area is 194 Å². The number of amides is 1. The summed E-state index contributed by atoms with van der Waals surface area (Å²) in [5.41, 5.74) is 1.90. The average molecular weight is 472 g/mol. The maximum absolute atomic E-state index is 12.8. The SMILES string of the molecule is CC(OC(=O)c1cccc(N2CCCS2(=O)=O)c1)C(=O)N1CCN(Cc2ccccc2)CC1. The quantitative estimate of drug-likeness (QED) is 0.600. The molecule has 0 radical (unpaired) electrons. The van der Waals surface area contributed by atoms with Crippen molar-refractivity contribution in [2.75, 3.05) is 42.8 Å². The van der Waals surface area contributed by atoms with E-state index in [2.05, 4.69) is 17.0 Å². The number of anilines is 1. The molecule has 9 heteroatoms. The van der Waals surface area contributed by atoms with Crippen molar-refractivity contribution < 1.29 is 22.7 Å². The first kappa shape index (κ1) is 23.3. The Morgan fingerprint density at radius 1 is 0.970 bits per heavy atom. The van der Waals surface area contributed by atoms with E-state index < -0.39 is 22.1 Å². The standard InChI is InChI=1S/C24H29N3O5S/c1-19(23(28)26-14-12-25(13-15-26)18-20-7-3-2-4-8-20)32-24(29)21-9-5-10-22(17-21)27-11-6-16-33(27,30)31/h2-5,7-10,17,19H,6,11-16,18H2,1H3. The Morgan fingerprint density at radius 2 is 1.70 bits per heavy atom. The predicted octanol–water partition coefficient (Wildman–Crippen LogP) is 2.12. The largest absolute Gasteiger partial charge is 0.449 e. The molecule has 0 aromatic heterocycles. The van der Waals surface area contributed by atoms with Crippen LogP contribution in [-0.4, -0.2) is 74.7 Å². The van der Waals surface area contributed by atoms with E-state index in [-0.39, 0.29) is 17.2 Å². The van der Waals surface area contributed by atoms with E-state index in [0.717, 1.165) is 19.6 Å². The van der Waals surface area contributed by atoms with E-state index in [1.165, 1.54) is 15.9 Å². The fraction of sp³-hybridized carbons (Fsp3) is 0.417. The van der Waals surface area contributed by atoms with Crippen molar-refractivity contribution in [2.24, 2.45) is 0 Å². The third-order valence-corrected chi connectivity index (χ3v) is 7.90. The van der Waals surface area contributed by atoms with Crippen LogP contribution >= 0.6 is 0 Å². The fourth-order valence-electron chi connectivity index (χ4n) is 4.22. The van der Waals surface area contributed by atoms with E-state index >= 15 is 0 Å². The predicted molar refractivity (Wildman–Crippen MR) is 125 cm³/mol. The molecular weight excluding hydrogens is 442 g/mol. The Morgan fingerprint density at radius 3 is 2.36 bits per heavy atom. The van der Waals surface area contributed by atoms with E-state index in [4.69, 9.17) is 4.74 Å². The molecule has 1 atom stereocenters. The van der Waals surface area contributed by atoms with E-state index in [0.29, 0.717) is 31.7 Å². The first-order chi connectivity index (χ1) is 15.8. The van der Waals surface area contributed by atoms with E-state index in [1.54, 1.807) is 30.0 Å². The number of piperazine rings is 1. The van der Waals surface area contributed by atoms with Crippen LogP contribution < -0.4 is 4.31 Å². The van der Waals surface area contributed by atoms with Gasteiger partial charge < -0.3 is 9.64 Å². The molecule has 4 rings (SSSR count). The molecule has 2 aromatic rings. The summed E-state index contributed by atoms with van der Waals surface area (Å²) in [6.07, 6.45) is -0.362. The monoisotopic (exact) mass is 471 g/mol. The molecule has 1 unspecified atom stereocenters. The summed E-state index contributed by atoms with van der Waals surface area (Å²) in [5, 5.41) is 0. The molecule has 176 valence electrons. The van der Waals surface area contributed by atoms with Gasteiger partial charge in [0.05, 0.1) is 17.0 Å². The minimum absolute atomic E-state index is 0.103. The molecule has 1 amide bonds. The number of nitrogens with zero attached hydrogens (tertiary/aromatic N) is 3. The molecule has 2 heterocycles. The highest BCUT2D eigenvalue weighted by Crippen LogP contribution is 2.25. The van der Waals surface area contributed by atoms with Crippen molar-refractivity contribution in [3.05, 3.63) is 65.7 Å². The summed E-state index contributed by atoms with van der Waals surface area (Å²) < 4.78 is 31.1. The number of benzene rings is 2. The van der Waals surface area contributed by atoms with Crippen molar-refractivity contribution in [3.63, 3.8) is 0 Å². The van der Waals surface area contributed by atoms with Crippen LogP contribution in [0, 0.1) is 0 Å². The third-order valence-electron chi connectivity index (χ3n) is 6.03. The van der Waals surface area contributed by atoms with Crippen LogP contribution in [0.25, 0.3) is 0 Å². The van der Waals surface area contributed by atoms with Gasteiger partial charge in [-0.2, -0.15) is 0 Å².